The predicted molar refractivity (Wildman–Crippen MR) is 132 cm³/mol. The lowest BCUT2D eigenvalue weighted by Crippen LogP contribution is -2.40. The minimum absolute atomic E-state index is 0.117. The van der Waals surface area contributed by atoms with Crippen molar-refractivity contribution in [3.63, 3.8) is 0 Å². The van der Waals surface area contributed by atoms with E-state index in [1.807, 2.05) is 37.3 Å². The molecule has 1 saturated heterocycles. The highest BCUT2D eigenvalue weighted by Crippen LogP contribution is 2.32. The van der Waals surface area contributed by atoms with Gasteiger partial charge in [-0.3, -0.25) is 19.0 Å². The van der Waals surface area contributed by atoms with Crippen LogP contribution in [0.3, 0.4) is 0 Å². The second-order valence-corrected chi connectivity index (χ2v) is 8.57. The molecule has 2 amide bonds. The van der Waals surface area contributed by atoms with Gasteiger partial charge in [-0.15, -0.1) is 0 Å². The van der Waals surface area contributed by atoms with Gasteiger partial charge in [-0.05, 0) is 37.1 Å². The summed E-state index contributed by atoms with van der Waals surface area (Å²) in [5.41, 5.74) is 2.42. The normalized spacial score (nSPS) is 13.9. The van der Waals surface area contributed by atoms with Gasteiger partial charge in [0.15, 0.2) is 0 Å². The highest BCUT2D eigenvalue weighted by atomic mass is 16.5. The van der Waals surface area contributed by atoms with Crippen molar-refractivity contribution in [2.45, 2.75) is 26.3 Å². The van der Waals surface area contributed by atoms with Crippen LogP contribution in [0.4, 0.5) is 5.69 Å². The van der Waals surface area contributed by atoms with Crippen LogP contribution in [0.15, 0.2) is 58.0 Å². The number of morpholine rings is 1. The van der Waals surface area contributed by atoms with Crippen molar-refractivity contribution >= 4 is 39.4 Å². The van der Waals surface area contributed by atoms with Gasteiger partial charge in [0.05, 0.1) is 30.4 Å². The number of furan rings is 1. The second kappa shape index (κ2) is 9.71. The van der Waals surface area contributed by atoms with Crippen molar-refractivity contribution < 1.29 is 18.7 Å². The van der Waals surface area contributed by atoms with Gasteiger partial charge < -0.3 is 19.4 Å². The number of fused-ring (bicyclic) bond motifs is 2. The molecule has 2 aromatic carbocycles. The maximum atomic E-state index is 13.1. The fourth-order valence-electron chi connectivity index (χ4n) is 4.34. The number of benzene rings is 2. The number of rotatable bonds is 6. The Bertz CT molecular complexity index is 1470. The molecule has 9 nitrogen and oxygen atoms in total. The Balaban J connectivity index is 1.30. The number of nitrogens with one attached hydrogen (secondary N) is 1. The smallest absolute Gasteiger partial charge is 0.291 e. The fourth-order valence-corrected chi connectivity index (χ4v) is 4.34. The molecule has 5 rings (SSSR count). The van der Waals surface area contributed by atoms with Crippen LogP contribution in [0, 0.1) is 6.92 Å². The lowest BCUT2D eigenvalue weighted by molar-refractivity contribution is -0.116. The van der Waals surface area contributed by atoms with Crippen LogP contribution in [0.25, 0.3) is 21.9 Å². The Labute approximate surface area is 201 Å². The quantitative estimate of drug-likeness (QED) is 0.459. The highest BCUT2D eigenvalue weighted by Gasteiger charge is 2.27. The number of aryl methyl sites for hydroxylation is 2. The van der Waals surface area contributed by atoms with Crippen molar-refractivity contribution in [1.29, 1.82) is 0 Å². The van der Waals surface area contributed by atoms with E-state index >= 15 is 0 Å². The van der Waals surface area contributed by atoms with E-state index in [-0.39, 0.29) is 29.6 Å². The van der Waals surface area contributed by atoms with Crippen LogP contribution in [0.5, 0.6) is 0 Å². The van der Waals surface area contributed by atoms with Crippen molar-refractivity contribution in [3.8, 4) is 0 Å². The number of aromatic nitrogens is 2. The Kier molecular flexibility index (Phi) is 6.33. The van der Waals surface area contributed by atoms with Gasteiger partial charge >= 0.3 is 0 Å². The number of nitrogens with zero attached hydrogens (tertiary/aromatic N) is 3. The first-order valence-electron chi connectivity index (χ1n) is 11.7. The van der Waals surface area contributed by atoms with Crippen LogP contribution in [0.2, 0.25) is 0 Å². The highest BCUT2D eigenvalue weighted by molar-refractivity contribution is 6.10. The molecule has 1 aliphatic rings. The lowest BCUT2D eigenvalue weighted by Gasteiger charge is -2.26. The lowest BCUT2D eigenvalue weighted by atomic mass is 10.1. The van der Waals surface area contributed by atoms with E-state index in [9.17, 15) is 14.4 Å². The van der Waals surface area contributed by atoms with Crippen LogP contribution in [-0.4, -0.2) is 52.6 Å². The molecule has 1 aliphatic heterocycles. The molecule has 1 N–H and O–H groups in total. The number of hydrogen-bond donors (Lipinski definition) is 1. The van der Waals surface area contributed by atoms with E-state index in [4.69, 9.17) is 9.15 Å². The zero-order valence-electron chi connectivity index (χ0n) is 19.5. The van der Waals surface area contributed by atoms with Crippen molar-refractivity contribution in [1.82, 2.24) is 14.5 Å². The summed E-state index contributed by atoms with van der Waals surface area (Å²) in [6, 6.07) is 12.7. The Morgan fingerprint density at radius 3 is 2.66 bits per heavy atom. The van der Waals surface area contributed by atoms with Gasteiger partial charge in [0, 0.05) is 31.4 Å². The summed E-state index contributed by atoms with van der Waals surface area (Å²) in [5.74, 6) is -0.416. The molecule has 0 bridgehead atoms. The molecule has 2 aromatic heterocycles. The van der Waals surface area contributed by atoms with E-state index < -0.39 is 0 Å². The van der Waals surface area contributed by atoms with Crippen molar-refractivity contribution in [2.75, 3.05) is 31.6 Å². The molecule has 0 spiro atoms. The zero-order chi connectivity index (χ0) is 24.4. The first kappa shape index (κ1) is 22.8. The van der Waals surface area contributed by atoms with Gasteiger partial charge in [-0.1, -0.05) is 24.3 Å². The maximum Gasteiger partial charge on any atom is 0.291 e. The third-order valence-electron chi connectivity index (χ3n) is 6.21. The van der Waals surface area contributed by atoms with E-state index in [1.54, 1.807) is 17.0 Å². The summed E-state index contributed by atoms with van der Waals surface area (Å²) < 4.78 is 12.7. The van der Waals surface area contributed by atoms with Crippen LogP contribution in [-0.2, 0) is 16.1 Å². The number of para-hydroxylation sites is 2. The molecule has 180 valence electrons. The van der Waals surface area contributed by atoms with Crippen LogP contribution >= 0.6 is 0 Å². The Hall–Kier alpha value is -3.98. The SMILES string of the molecule is Cc1cccc2c(=O)n(CCCC(=O)Nc3c(C(=O)N4CCOCC4)oc4ccccc34)cnc12. The summed E-state index contributed by atoms with van der Waals surface area (Å²) in [5, 5.41) is 4.11. The van der Waals surface area contributed by atoms with Crippen molar-refractivity contribution in [2.24, 2.45) is 0 Å². The van der Waals surface area contributed by atoms with Gasteiger partial charge in [0.1, 0.15) is 11.3 Å². The number of ether oxygens (including phenoxy) is 1. The minimum atomic E-state index is -0.274. The van der Waals surface area contributed by atoms with Gasteiger partial charge in [-0.2, -0.15) is 0 Å². The summed E-state index contributed by atoms with van der Waals surface area (Å²) >= 11 is 0. The molecule has 9 heteroatoms. The third kappa shape index (κ3) is 4.54. The molecule has 0 saturated carbocycles. The molecule has 35 heavy (non-hydrogen) atoms. The molecule has 0 radical (unpaired) electrons. The first-order chi connectivity index (χ1) is 17.0. The molecule has 0 atom stereocenters. The standard InChI is InChI=1S/C26H26N4O5/c1-17-6-4-8-19-22(17)27-16-30(25(19)32)11-5-10-21(31)28-23-18-7-2-3-9-20(18)35-24(23)26(33)29-12-14-34-15-13-29/h2-4,6-9,16H,5,10-15H2,1H3,(H,28,31). The largest absolute Gasteiger partial charge is 0.449 e. The molecular weight excluding hydrogens is 448 g/mol. The monoisotopic (exact) mass is 474 g/mol. The summed E-state index contributed by atoms with van der Waals surface area (Å²) in [6.07, 6.45) is 2.13. The first-order valence-corrected chi connectivity index (χ1v) is 11.7. The number of carbonyl (C=O) groups excluding carboxylic acids is 2. The number of amides is 2. The van der Waals surface area contributed by atoms with E-state index in [0.29, 0.717) is 66.8 Å². The van der Waals surface area contributed by atoms with Gasteiger partial charge in [-0.25, -0.2) is 4.98 Å². The topological polar surface area (TPSA) is 107 Å². The van der Waals surface area contributed by atoms with Crippen LogP contribution < -0.4 is 10.9 Å². The van der Waals surface area contributed by atoms with Gasteiger partial charge in [0.25, 0.3) is 11.5 Å². The predicted octanol–water partition coefficient (Wildman–Crippen LogP) is 3.34. The summed E-state index contributed by atoms with van der Waals surface area (Å²) in [7, 11) is 0. The van der Waals surface area contributed by atoms with E-state index in [1.165, 1.54) is 10.9 Å². The molecule has 0 unspecified atom stereocenters. The Morgan fingerprint density at radius 1 is 1.06 bits per heavy atom. The van der Waals surface area contributed by atoms with E-state index in [2.05, 4.69) is 10.3 Å². The number of carbonyl (C=O) groups is 2. The number of hydrogen-bond acceptors (Lipinski definition) is 6. The third-order valence-corrected chi connectivity index (χ3v) is 6.21. The fraction of sp³-hybridized carbons (Fsp3) is 0.308. The van der Waals surface area contributed by atoms with Gasteiger partial charge in [0.2, 0.25) is 11.7 Å². The second-order valence-electron chi connectivity index (χ2n) is 8.57. The summed E-state index contributed by atoms with van der Waals surface area (Å²) in [4.78, 5) is 44.8. The average molecular weight is 475 g/mol. The van der Waals surface area contributed by atoms with E-state index in [0.717, 1.165) is 5.56 Å². The van der Waals surface area contributed by atoms with Crippen LogP contribution in [0.1, 0.15) is 29.0 Å². The molecular formula is C26H26N4O5. The maximum absolute atomic E-state index is 13.1. The summed E-state index contributed by atoms with van der Waals surface area (Å²) in [6.45, 7) is 4.15. The molecule has 1 fully saturated rings. The molecule has 4 aromatic rings. The average Bonchev–Trinajstić information content (AvgIpc) is 3.24. The zero-order valence-corrected chi connectivity index (χ0v) is 19.5. The molecule has 3 heterocycles. The minimum Gasteiger partial charge on any atom is -0.449 e. The Morgan fingerprint density at radius 2 is 1.83 bits per heavy atom. The van der Waals surface area contributed by atoms with Crippen molar-refractivity contribution in [3.05, 3.63) is 70.5 Å². The number of anilines is 1. The molecule has 0 aliphatic carbocycles.